The second kappa shape index (κ2) is 10.7. The van der Waals surface area contributed by atoms with Crippen LogP contribution in [0.15, 0.2) is 36.4 Å². The van der Waals surface area contributed by atoms with E-state index in [0.29, 0.717) is 11.3 Å². The van der Waals surface area contributed by atoms with Gasteiger partial charge in [-0.25, -0.2) is 4.39 Å². The number of aliphatic hydroxyl groups is 1. The molecule has 186 valence electrons. The Balaban J connectivity index is 1.73. The molecule has 1 unspecified atom stereocenters. The third-order valence-electron chi connectivity index (χ3n) is 5.50. The maximum Gasteiger partial charge on any atom is 0.308 e. The molecule has 10 heteroatoms. The second-order valence-electron chi connectivity index (χ2n) is 8.95. The molecule has 1 aliphatic rings. The van der Waals surface area contributed by atoms with Gasteiger partial charge in [0.15, 0.2) is 4.87 Å². The molecule has 0 bridgehead atoms. The number of nitrogens with one attached hydrogen (secondary N) is 2. The molecule has 3 N–H and O–H groups in total. The van der Waals surface area contributed by atoms with Crippen molar-refractivity contribution in [2.45, 2.75) is 43.8 Å². The van der Waals surface area contributed by atoms with Crippen LogP contribution in [0.5, 0.6) is 5.75 Å². The molecule has 0 aliphatic carbocycles. The number of aryl methyl sites for hydroxylation is 1. The predicted octanol–water partition coefficient (Wildman–Crippen LogP) is 2.27. The highest BCUT2D eigenvalue weighted by Crippen LogP contribution is 2.29. The maximum absolute atomic E-state index is 15.0. The molecule has 1 heterocycles. The summed E-state index contributed by atoms with van der Waals surface area (Å²) in [5.74, 6) is -1.15. The van der Waals surface area contributed by atoms with Crippen molar-refractivity contribution in [2.24, 2.45) is 0 Å². The van der Waals surface area contributed by atoms with Gasteiger partial charge in [0.2, 0.25) is 0 Å². The number of esters is 1. The first kappa shape index (κ1) is 26.6. The number of hydrogen-bond donors (Lipinski definition) is 4. The van der Waals surface area contributed by atoms with Crippen LogP contribution in [0.25, 0.3) is 11.1 Å². The minimum atomic E-state index is -1.68. The van der Waals surface area contributed by atoms with Crippen LogP contribution in [0.3, 0.4) is 0 Å². The van der Waals surface area contributed by atoms with Gasteiger partial charge in [-0.3, -0.25) is 9.59 Å². The maximum atomic E-state index is 15.0. The second-order valence-corrected chi connectivity index (χ2v) is 9.71. The first-order valence-electron chi connectivity index (χ1n) is 11.0. The zero-order valence-electron chi connectivity index (χ0n) is 19.7. The Kier molecular flexibility index (Phi) is 8.18. The lowest BCUT2D eigenvalue weighted by Gasteiger charge is -2.26. The van der Waals surface area contributed by atoms with Crippen molar-refractivity contribution in [1.29, 1.82) is 5.26 Å². The van der Waals surface area contributed by atoms with Crippen LogP contribution in [0.2, 0.25) is 0 Å². The van der Waals surface area contributed by atoms with Crippen molar-refractivity contribution >= 4 is 24.5 Å². The SMILES string of the molecule is CC(=O)Oc1ccc(-c2ccc(C[C@](S)(C#N)NC(=O)C3CNC[C@@](C)(O)CO3)c(F)c2)cc1C. The molecule has 1 amide bonds. The third kappa shape index (κ3) is 7.02. The Morgan fingerprint density at radius 2 is 2.06 bits per heavy atom. The fraction of sp³-hybridized carbons (Fsp3) is 0.400. The van der Waals surface area contributed by atoms with E-state index < -0.39 is 34.3 Å². The summed E-state index contributed by atoms with van der Waals surface area (Å²) < 4.78 is 25.6. The van der Waals surface area contributed by atoms with Crippen LogP contribution in [-0.4, -0.2) is 53.3 Å². The van der Waals surface area contributed by atoms with E-state index in [1.165, 1.54) is 19.1 Å². The van der Waals surface area contributed by atoms with Crippen molar-refractivity contribution in [3.8, 4) is 22.9 Å². The van der Waals surface area contributed by atoms with E-state index >= 15 is 0 Å². The summed E-state index contributed by atoms with van der Waals surface area (Å²) in [4.78, 5) is 22.2. The molecule has 0 saturated carbocycles. The van der Waals surface area contributed by atoms with E-state index in [0.717, 1.165) is 11.1 Å². The molecule has 35 heavy (non-hydrogen) atoms. The van der Waals surface area contributed by atoms with Crippen LogP contribution in [0.4, 0.5) is 4.39 Å². The van der Waals surface area contributed by atoms with Gasteiger partial charge in [-0.15, -0.1) is 12.6 Å². The molecule has 2 aromatic carbocycles. The average molecular weight is 502 g/mol. The number of carbonyl (C=O) groups excluding carboxylic acids is 2. The summed E-state index contributed by atoms with van der Waals surface area (Å²) in [5, 5.41) is 25.2. The van der Waals surface area contributed by atoms with Crippen LogP contribution < -0.4 is 15.4 Å². The number of nitrogens with zero attached hydrogens (tertiary/aromatic N) is 1. The Bertz CT molecular complexity index is 1170. The number of rotatable bonds is 6. The van der Waals surface area contributed by atoms with E-state index in [1.54, 1.807) is 38.1 Å². The predicted molar refractivity (Wildman–Crippen MR) is 130 cm³/mol. The quantitative estimate of drug-likeness (QED) is 0.207. The van der Waals surface area contributed by atoms with Gasteiger partial charge in [0, 0.05) is 26.4 Å². The van der Waals surface area contributed by atoms with Gasteiger partial charge >= 0.3 is 5.97 Å². The molecule has 1 fully saturated rings. The molecule has 1 saturated heterocycles. The Morgan fingerprint density at radius 1 is 1.37 bits per heavy atom. The highest BCUT2D eigenvalue weighted by atomic mass is 32.1. The number of carbonyl (C=O) groups is 2. The molecule has 1 aliphatic heterocycles. The van der Waals surface area contributed by atoms with E-state index in [9.17, 15) is 24.3 Å². The summed E-state index contributed by atoms with van der Waals surface area (Å²) in [7, 11) is 0. The van der Waals surface area contributed by atoms with Crippen molar-refractivity contribution in [1.82, 2.24) is 10.6 Å². The first-order valence-corrected chi connectivity index (χ1v) is 11.4. The number of nitriles is 1. The molecule has 0 spiro atoms. The minimum Gasteiger partial charge on any atom is -0.426 e. The van der Waals surface area contributed by atoms with E-state index in [4.69, 9.17) is 9.47 Å². The van der Waals surface area contributed by atoms with Crippen LogP contribution in [0, 0.1) is 24.1 Å². The Hall–Kier alpha value is -2.97. The van der Waals surface area contributed by atoms with Gasteiger partial charge < -0.3 is 25.2 Å². The highest BCUT2D eigenvalue weighted by Gasteiger charge is 2.35. The molecule has 3 rings (SSSR count). The lowest BCUT2D eigenvalue weighted by molar-refractivity contribution is -0.135. The van der Waals surface area contributed by atoms with Gasteiger partial charge in [-0.05, 0) is 54.3 Å². The molecule has 3 atom stereocenters. The number of amides is 1. The number of halogens is 1. The monoisotopic (exact) mass is 501 g/mol. The van der Waals surface area contributed by atoms with Gasteiger partial charge in [-0.2, -0.15) is 5.26 Å². The minimum absolute atomic E-state index is 0.0539. The summed E-state index contributed by atoms with van der Waals surface area (Å²) in [6, 6.07) is 11.6. The Labute approximate surface area is 208 Å². The van der Waals surface area contributed by atoms with Gasteiger partial charge in [-0.1, -0.05) is 18.2 Å². The smallest absolute Gasteiger partial charge is 0.308 e. The number of ether oxygens (including phenoxy) is 2. The van der Waals surface area contributed by atoms with Crippen molar-refractivity contribution < 1.29 is 28.6 Å². The van der Waals surface area contributed by atoms with Crippen molar-refractivity contribution in [3.05, 3.63) is 53.3 Å². The normalized spacial score (nSPS) is 21.8. The van der Waals surface area contributed by atoms with Crippen molar-refractivity contribution in [2.75, 3.05) is 19.7 Å². The Morgan fingerprint density at radius 3 is 2.69 bits per heavy atom. The highest BCUT2D eigenvalue weighted by molar-refractivity contribution is 7.82. The summed E-state index contributed by atoms with van der Waals surface area (Å²) in [6.45, 7) is 5.03. The topological polar surface area (TPSA) is 121 Å². The summed E-state index contributed by atoms with van der Waals surface area (Å²) in [6.07, 6.45) is -1.12. The fourth-order valence-electron chi connectivity index (χ4n) is 3.67. The summed E-state index contributed by atoms with van der Waals surface area (Å²) >= 11 is 4.32. The standard InChI is InChI=1S/C25H28FN3O5S/c1-15-8-17(6-7-21(15)34-16(2)30)18-4-5-19(20(26)9-18)10-25(35,12-27)29-23(31)22-11-28-13-24(3,32)14-33-22/h4-9,22,28,32,35H,10-11,13-14H2,1-3H3,(H,29,31)/t22?,24-,25+/m1/s1. The zero-order valence-corrected chi connectivity index (χ0v) is 20.6. The molecule has 2 aromatic rings. The average Bonchev–Trinajstić information content (AvgIpc) is 2.96. The number of thiol groups is 1. The van der Waals surface area contributed by atoms with Crippen LogP contribution >= 0.6 is 12.6 Å². The van der Waals surface area contributed by atoms with Gasteiger partial charge in [0.05, 0.1) is 12.2 Å². The molecular weight excluding hydrogens is 473 g/mol. The molecule has 0 radical (unpaired) electrons. The lowest BCUT2D eigenvalue weighted by atomic mass is 9.98. The number of hydrogen-bond acceptors (Lipinski definition) is 8. The van der Waals surface area contributed by atoms with Gasteiger partial charge in [0.25, 0.3) is 5.91 Å². The van der Waals surface area contributed by atoms with E-state index in [2.05, 4.69) is 23.3 Å². The van der Waals surface area contributed by atoms with Crippen molar-refractivity contribution in [3.63, 3.8) is 0 Å². The molecule has 8 nitrogen and oxygen atoms in total. The molecule has 0 aromatic heterocycles. The zero-order chi connectivity index (χ0) is 25.8. The first-order chi connectivity index (χ1) is 16.4. The fourth-order valence-corrected chi connectivity index (χ4v) is 3.95. The third-order valence-corrected chi connectivity index (χ3v) is 5.87. The lowest BCUT2D eigenvalue weighted by Crippen LogP contribution is -2.51. The van der Waals surface area contributed by atoms with E-state index in [1.807, 2.05) is 6.07 Å². The summed E-state index contributed by atoms with van der Waals surface area (Å²) in [5.41, 5.74) is 1.12. The van der Waals surface area contributed by atoms with Crippen LogP contribution in [0.1, 0.15) is 25.0 Å². The van der Waals surface area contributed by atoms with Gasteiger partial charge in [0.1, 0.15) is 23.7 Å². The number of β-amino-alcohol motifs (C(OH)–C–C–N with tert-alkyl or cyclic N) is 1. The largest absolute Gasteiger partial charge is 0.426 e. The van der Waals surface area contributed by atoms with E-state index in [-0.39, 0.29) is 31.7 Å². The molecular formula is C25H28FN3O5S. The number of benzene rings is 2. The van der Waals surface area contributed by atoms with Crippen LogP contribution in [-0.2, 0) is 20.7 Å².